The maximum absolute atomic E-state index is 13.1. The Morgan fingerprint density at radius 2 is 2.22 bits per heavy atom. The number of nitrogens with zero attached hydrogens (tertiary/aromatic N) is 2. The molecule has 3 nitrogen and oxygen atoms in total. The van der Waals surface area contributed by atoms with E-state index in [9.17, 15) is 4.39 Å². The van der Waals surface area contributed by atoms with Gasteiger partial charge in [-0.1, -0.05) is 30.8 Å². The molecule has 0 spiro atoms. The van der Waals surface area contributed by atoms with Crippen LogP contribution in [0.5, 0.6) is 0 Å². The van der Waals surface area contributed by atoms with E-state index in [1.807, 2.05) is 32.3 Å². The Kier molecular flexibility index (Phi) is 8.92. The molecular weight excluding hydrogens is 249 g/mol. The third-order valence-electron chi connectivity index (χ3n) is 2.37. The lowest BCUT2D eigenvalue weighted by Gasteiger charge is -2.10. The minimum absolute atomic E-state index is 0.0842. The molecule has 5 heteroatoms. The zero-order chi connectivity index (χ0) is 14.0. The van der Waals surface area contributed by atoms with Gasteiger partial charge < -0.3 is 5.73 Å². The summed E-state index contributed by atoms with van der Waals surface area (Å²) in [5.41, 5.74) is 6.41. The first kappa shape index (κ1) is 16.6. The van der Waals surface area contributed by atoms with E-state index in [0.29, 0.717) is 5.17 Å². The molecule has 0 saturated heterocycles. The topological polar surface area (TPSA) is 50.7 Å². The van der Waals surface area contributed by atoms with Crippen LogP contribution >= 0.6 is 11.8 Å². The van der Waals surface area contributed by atoms with E-state index in [4.69, 9.17) is 5.73 Å². The van der Waals surface area contributed by atoms with Crippen molar-refractivity contribution in [1.82, 2.24) is 0 Å². The van der Waals surface area contributed by atoms with Crippen molar-refractivity contribution in [3.63, 3.8) is 0 Å². The second-order valence-electron chi connectivity index (χ2n) is 3.44. The van der Waals surface area contributed by atoms with Crippen molar-refractivity contribution in [3.05, 3.63) is 36.0 Å². The van der Waals surface area contributed by atoms with Crippen LogP contribution < -0.4 is 5.73 Å². The quantitative estimate of drug-likeness (QED) is 0.346. The summed E-state index contributed by atoms with van der Waals surface area (Å²) in [7, 11) is 0. The molecule has 0 heterocycles. The van der Waals surface area contributed by atoms with Crippen molar-refractivity contribution in [3.8, 4) is 0 Å². The Morgan fingerprint density at radius 1 is 1.56 bits per heavy atom. The summed E-state index contributed by atoms with van der Waals surface area (Å²) in [6.45, 7) is 7.03. The summed E-state index contributed by atoms with van der Waals surface area (Å²) in [6, 6.07) is 0. The molecular formula is C13H20FN3S. The maximum Gasteiger partial charge on any atom is 0.212 e. The second kappa shape index (κ2) is 9.65. The van der Waals surface area contributed by atoms with Crippen molar-refractivity contribution in [2.24, 2.45) is 21.6 Å². The summed E-state index contributed by atoms with van der Waals surface area (Å²) < 4.78 is 13.1. The number of rotatable bonds is 6. The van der Waals surface area contributed by atoms with Crippen LogP contribution in [-0.4, -0.2) is 18.1 Å². The van der Waals surface area contributed by atoms with Crippen LogP contribution in [0.3, 0.4) is 0 Å². The molecule has 1 atom stereocenters. The average molecular weight is 269 g/mol. The standard InChI is InChI=1S/C13H20FN3S/c1-5-10(7-8-17-13(15)18-4)11(6-2)9-12(14)16-3/h6-10H,3,5H2,1-2,4H3,(H2,15,17)/b8-7-,11-6+,12-9-. The Balaban J connectivity index is 4.91. The number of hydrogen-bond acceptors (Lipinski definition) is 3. The molecule has 0 aliphatic carbocycles. The van der Waals surface area contributed by atoms with Crippen molar-refractivity contribution in [2.45, 2.75) is 20.3 Å². The van der Waals surface area contributed by atoms with E-state index >= 15 is 0 Å². The van der Waals surface area contributed by atoms with Crippen molar-refractivity contribution < 1.29 is 4.39 Å². The molecule has 1 unspecified atom stereocenters. The van der Waals surface area contributed by atoms with Crippen molar-refractivity contribution in [2.75, 3.05) is 6.26 Å². The van der Waals surface area contributed by atoms with Gasteiger partial charge in [0.15, 0.2) is 5.17 Å². The first-order valence-corrected chi connectivity index (χ1v) is 6.85. The van der Waals surface area contributed by atoms with Gasteiger partial charge in [-0.25, -0.2) is 9.98 Å². The van der Waals surface area contributed by atoms with E-state index in [2.05, 4.69) is 16.7 Å². The van der Waals surface area contributed by atoms with Gasteiger partial charge in [0, 0.05) is 12.1 Å². The Hall–Kier alpha value is -1.36. The minimum Gasteiger partial charge on any atom is -0.378 e. The van der Waals surface area contributed by atoms with Gasteiger partial charge in [0.1, 0.15) is 0 Å². The van der Waals surface area contributed by atoms with Gasteiger partial charge in [0.05, 0.1) is 0 Å². The molecule has 0 saturated carbocycles. The Bertz CT molecular complexity index is 384. The highest BCUT2D eigenvalue weighted by Crippen LogP contribution is 2.20. The first-order valence-electron chi connectivity index (χ1n) is 5.63. The van der Waals surface area contributed by atoms with E-state index in [1.54, 1.807) is 6.20 Å². The average Bonchev–Trinajstić information content (AvgIpc) is 2.40. The van der Waals surface area contributed by atoms with Crippen LogP contribution in [-0.2, 0) is 0 Å². The SMILES string of the molecule is C=N/C(F)=C\C(=C/C)C(/C=C\N=C(/N)SC)CC. The molecule has 18 heavy (non-hydrogen) atoms. The van der Waals surface area contributed by atoms with Gasteiger partial charge in [0.25, 0.3) is 0 Å². The molecule has 0 radical (unpaired) electrons. The highest BCUT2D eigenvalue weighted by Gasteiger charge is 2.07. The molecule has 0 aromatic heterocycles. The Labute approximate surface area is 112 Å². The van der Waals surface area contributed by atoms with Crippen LogP contribution in [0.15, 0.2) is 45.9 Å². The van der Waals surface area contributed by atoms with Crippen LogP contribution in [0, 0.1) is 5.92 Å². The predicted octanol–water partition coefficient (Wildman–Crippen LogP) is 3.66. The van der Waals surface area contributed by atoms with E-state index in [1.165, 1.54) is 17.8 Å². The molecule has 100 valence electrons. The number of thioether (sulfide) groups is 1. The smallest absolute Gasteiger partial charge is 0.212 e. The first-order chi connectivity index (χ1) is 8.58. The third-order valence-corrected chi connectivity index (χ3v) is 2.89. The third kappa shape index (κ3) is 6.39. The highest BCUT2D eigenvalue weighted by atomic mass is 32.2. The van der Waals surface area contributed by atoms with Gasteiger partial charge in [-0.2, -0.15) is 4.39 Å². The fourth-order valence-corrected chi connectivity index (χ4v) is 1.51. The van der Waals surface area contributed by atoms with E-state index in [0.717, 1.165) is 12.0 Å². The number of hydrogen-bond donors (Lipinski definition) is 1. The number of amidine groups is 1. The molecule has 0 fully saturated rings. The lowest BCUT2D eigenvalue weighted by molar-refractivity contribution is 0.623. The molecule has 0 amide bonds. The summed E-state index contributed by atoms with van der Waals surface area (Å²) in [5.74, 6) is -0.497. The van der Waals surface area contributed by atoms with Crippen LogP contribution in [0.2, 0.25) is 0 Å². The van der Waals surface area contributed by atoms with E-state index < -0.39 is 5.95 Å². The van der Waals surface area contributed by atoms with Gasteiger partial charge in [-0.05, 0) is 38.0 Å². The summed E-state index contributed by atoms with van der Waals surface area (Å²) in [5, 5.41) is 0.498. The molecule has 0 aromatic rings. The summed E-state index contributed by atoms with van der Waals surface area (Å²) >= 11 is 1.38. The predicted molar refractivity (Wildman–Crippen MR) is 80.6 cm³/mol. The lowest BCUT2D eigenvalue weighted by atomic mass is 9.96. The molecule has 0 aliphatic rings. The monoisotopic (exact) mass is 269 g/mol. The van der Waals surface area contributed by atoms with Crippen molar-refractivity contribution in [1.29, 1.82) is 0 Å². The number of halogens is 1. The number of allylic oxidation sites excluding steroid dienone is 4. The van der Waals surface area contributed by atoms with Crippen LogP contribution in [0.25, 0.3) is 0 Å². The molecule has 0 bridgehead atoms. The van der Waals surface area contributed by atoms with Gasteiger partial charge in [-0.15, -0.1) is 0 Å². The second-order valence-corrected chi connectivity index (χ2v) is 4.27. The lowest BCUT2D eigenvalue weighted by Crippen LogP contribution is -2.04. The normalized spacial score (nSPS) is 16.1. The maximum atomic E-state index is 13.1. The fourth-order valence-electron chi connectivity index (χ4n) is 1.34. The molecule has 0 aromatic carbocycles. The van der Waals surface area contributed by atoms with E-state index in [-0.39, 0.29) is 5.92 Å². The zero-order valence-corrected chi connectivity index (χ0v) is 11.9. The molecule has 2 N–H and O–H groups in total. The molecule has 0 aliphatic heterocycles. The zero-order valence-electron chi connectivity index (χ0n) is 11.1. The Morgan fingerprint density at radius 3 is 2.67 bits per heavy atom. The molecule has 0 rings (SSSR count). The summed E-state index contributed by atoms with van der Waals surface area (Å²) in [6.07, 6.45) is 9.47. The highest BCUT2D eigenvalue weighted by molar-refractivity contribution is 8.13. The van der Waals surface area contributed by atoms with Crippen molar-refractivity contribution >= 4 is 23.6 Å². The van der Waals surface area contributed by atoms with Gasteiger partial charge in [0.2, 0.25) is 5.95 Å². The fraction of sp³-hybridized carbons (Fsp3) is 0.385. The van der Waals surface area contributed by atoms with Gasteiger partial charge in [-0.3, -0.25) is 0 Å². The van der Waals surface area contributed by atoms with Crippen LogP contribution in [0.4, 0.5) is 4.39 Å². The largest absolute Gasteiger partial charge is 0.378 e. The van der Waals surface area contributed by atoms with Crippen LogP contribution in [0.1, 0.15) is 20.3 Å². The number of aliphatic imine (C=N–C) groups is 2. The number of nitrogens with two attached hydrogens (primary N) is 1. The minimum atomic E-state index is -0.581. The van der Waals surface area contributed by atoms with Gasteiger partial charge >= 0.3 is 0 Å². The summed E-state index contributed by atoms with van der Waals surface area (Å²) in [4.78, 5) is 7.29.